The molecule has 3 aliphatic rings. The molecule has 0 amide bonds. The van der Waals surface area contributed by atoms with E-state index in [2.05, 4.69) is 4.90 Å². The summed E-state index contributed by atoms with van der Waals surface area (Å²) in [5.74, 6) is -1.93. The van der Waals surface area contributed by atoms with Gasteiger partial charge in [-0.15, -0.1) is 0 Å². The normalized spacial score (nSPS) is 46.6. The van der Waals surface area contributed by atoms with Gasteiger partial charge in [-0.3, -0.25) is 9.69 Å². The summed E-state index contributed by atoms with van der Waals surface area (Å²) in [5, 5.41) is 10.5. The highest BCUT2D eigenvalue weighted by Gasteiger charge is 2.50. The smallest absolute Gasteiger partial charge is 0.338 e. The number of ether oxygens (including phenoxy) is 2. The number of carbonyl (C=O) groups excluding carboxylic acids is 2. The molecule has 3 saturated heterocycles. The molecule has 6 heteroatoms. The van der Waals surface area contributed by atoms with Gasteiger partial charge in [0.1, 0.15) is 6.10 Å². The highest BCUT2D eigenvalue weighted by molar-refractivity contribution is 5.81. The van der Waals surface area contributed by atoms with Crippen LogP contribution in [0, 0.1) is 17.8 Å². The van der Waals surface area contributed by atoms with E-state index < -0.39 is 23.4 Å². The molecule has 0 aromatic heterocycles. The Bertz CT molecular complexity index is 477. The molecule has 3 rings (SSSR count). The van der Waals surface area contributed by atoms with Crippen LogP contribution in [0.4, 0.5) is 0 Å². The van der Waals surface area contributed by atoms with Crippen LogP contribution in [0.5, 0.6) is 0 Å². The Morgan fingerprint density at radius 3 is 2.64 bits per heavy atom. The first kappa shape index (κ1) is 15.7. The van der Waals surface area contributed by atoms with E-state index in [0.717, 1.165) is 25.9 Å². The molecule has 6 nitrogen and oxygen atoms in total. The first-order valence-electron chi connectivity index (χ1n) is 8.16. The van der Waals surface area contributed by atoms with Crippen LogP contribution in [0.1, 0.15) is 33.6 Å². The number of rotatable bonds is 0. The van der Waals surface area contributed by atoms with E-state index in [-0.39, 0.29) is 30.6 Å². The van der Waals surface area contributed by atoms with E-state index >= 15 is 0 Å². The molecule has 0 aromatic rings. The maximum Gasteiger partial charge on any atom is 0.338 e. The van der Waals surface area contributed by atoms with Crippen LogP contribution < -0.4 is 0 Å². The third-order valence-electron chi connectivity index (χ3n) is 5.89. The van der Waals surface area contributed by atoms with E-state index in [1.807, 2.05) is 0 Å². The maximum absolute atomic E-state index is 12.4. The molecule has 0 saturated carbocycles. The summed E-state index contributed by atoms with van der Waals surface area (Å²) < 4.78 is 11.1. The fourth-order valence-electron chi connectivity index (χ4n) is 3.99. The highest BCUT2D eigenvalue weighted by Crippen LogP contribution is 2.37. The van der Waals surface area contributed by atoms with Crippen molar-refractivity contribution in [3.05, 3.63) is 0 Å². The quantitative estimate of drug-likeness (QED) is 0.659. The van der Waals surface area contributed by atoms with Gasteiger partial charge >= 0.3 is 11.9 Å². The largest absolute Gasteiger partial charge is 0.463 e. The molecule has 124 valence electrons. The lowest BCUT2D eigenvalue weighted by molar-refractivity contribution is -0.174. The van der Waals surface area contributed by atoms with Gasteiger partial charge in [0.05, 0.1) is 18.6 Å². The summed E-state index contributed by atoms with van der Waals surface area (Å²) in [7, 11) is 0. The molecule has 3 heterocycles. The molecule has 0 unspecified atom stereocenters. The van der Waals surface area contributed by atoms with E-state index in [1.54, 1.807) is 13.8 Å². The van der Waals surface area contributed by atoms with Crippen molar-refractivity contribution in [1.82, 2.24) is 4.90 Å². The average Bonchev–Trinajstić information content (AvgIpc) is 3.05. The lowest BCUT2D eigenvalue weighted by Gasteiger charge is -2.31. The number of esters is 2. The van der Waals surface area contributed by atoms with Gasteiger partial charge in [-0.05, 0) is 26.3 Å². The first-order valence-corrected chi connectivity index (χ1v) is 8.16. The van der Waals surface area contributed by atoms with E-state index in [0.29, 0.717) is 0 Å². The van der Waals surface area contributed by atoms with Crippen LogP contribution in [0.25, 0.3) is 0 Å². The summed E-state index contributed by atoms with van der Waals surface area (Å²) in [6.07, 6.45) is 1.63. The lowest BCUT2D eigenvalue weighted by atomic mass is 9.81. The van der Waals surface area contributed by atoms with Crippen molar-refractivity contribution >= 4 is 11.9 Å². The average molecular weight is 311 g/mol. The van der Waals surface area contributed by atoms with Crippen LogP contribution >= 0.6 is 0 Å². The zero-order valence-electron chi connectivity index (χ0n) is 13.4. The second kappa shape index (κ2) is 5.49. The Hall–Kier alpha value is -1.14. The number of hydrogen-bond donors (Lipinski definition) is 1. The Morgan fingerprint density at radius 2 is 1.91 bits per heavy atom. The Kier molecular flexibility index (Phi) is 3.93. The van der Waals surface area contributed by atoms with Crippen molar-refractivity contribution < 1.29 is 24.2 Å². The lowest BCUT2D eigenvalue weighted by Crippen LogP contribution is -2.47. The fourth-order valence-corrected chi connectivity index (χ4v) is 3.99. The first-order chi connectivity index (χ1) is 10.3. The molecule has 0 aliphatic carbocycles. The summed E-state index contributed by atoms with van der Waals surface area (Å²) in [6.45, 7) is 6.96. The van der Waals surface area contributed by atoms with Gasteiger partial charge in [0, 0.05) is 18.4 Å². The maximum atomic E-state index is 12.4. The molecule has 0 bridgehead atoms. The SMILES string of the molecule is C[C@H]1C(=O)O[C@@H]2CCN3CC[C@@H](COC(=O)[C@@](C)(O)[C@H]1C)[C@H]23. The third kappa shape index (κ3) is 2.42. The topological polar surface area (TPSA) is 76.1 Å². The number of cyclic esters (lactones) is 1. The van der Waals surface area contributed by atoms with Crippen molar-refractivity contribution in [3.63, 3.8) is 0 Å². The number of hydrogen-bond acceptors (Lipinski definition) is 6. The van der Waals surface area contributed by atoms with Gasteiger partial charge in [0.2, 0.25) is 0 Å². The van der Waals surface area contributed by atoms with Gasteiger partial charge in [0.15, 0.2) is 5.60 Å². The minimum absolute atomic E-state index is 0.128. The highest BCUT2D eigenvalue weighted by atomic mass is 16.6. The number of aliphatic hydroxyl groups is 1. The molecule has 0 radical (unpaired) electrons. The molecule has 0 aromatic carbocycles. The Morgan fingerprint density at radius 1 is 1.23 bits per heavy atom. The van der Waals surface area contributed by atoms with Crippen LogP contribution in [0.3, 0.4) is 0 Å². The predicted octanol–water partition coefficient (Wildman–Crippen LogP) is 0.572. The van der Waals surface area contributed by atoms with E-state index in [1.165, 1.54) is 6.92 Å². The van der Waals surface area contributed by atoms with Crippen molar-refractivity contribution in [2.24, 2.45) is 17.8 Å². The molecule has 6 atom stereocenters. The fraction of sp³-hybridized carbons (Fsp3) is 0.875. The number of carbonyl (C=O) groups is 2. The molecule has 3 fully saturated rings. The zero-order chi connectivity index (χ0) is 16.1. The Balaban J connectivity index is 1.88. The van der Waals surface area contributed by atoms with E-state index in [9.17, 15) is 14.7 Å². The van der Waals surface area contributed by atoms with E-state index in [4.69, 9.17) is 9.47 Å². The molecule has 1 N–H and O–H groups in total. The standard InChI is InChI=1S/C16H25NO5/c1-9-10(2)16(3,20)15(19)21-8-11-4-6-17-7-5-12(13(11)17)22-14(9)18/h9-13,20H,4-8H2,1-3H3/t9-,10+,11+,12-,13-,16+/m1/s1. The van der Waals surface area contributed by atoms with Crippen molar-refractivity contribution in [3.8, 4) is 0 Å². The minimum Gasteiger partial charge on any atom is -0.463 e. The van der Waals surface area contributed by atoms with Gasteiger partial charge in [-0.1, -0.05) is 13.8 Å². The van der Waals surface area contributed by atoms with Gasteiger partial charge in [-0.2, -0.15) is 0 Å². The Labute approximate surface area is 130 Å². The van der Waals surface area contributed by atoms with Crippen LogP contribution in [-0.4, -0.2) is 59.4 Å². The molecule has 22 heavy (non-hydrogen) atoms. The molecule has 3 aliphatic heterocycles. The number of nitrogens with zero attached hydrogens (tertiary/aromatic N) is 1. The summed E-state index contributed by atoms with van der Waals surface area (Å²) in [6, 6.07) is 0.141. The molecular weight excluding hydrogens is 286 g/mol. The minimum atomic E-state index is -1.68. The second-order valence-corrected chi connectivity index (χ2v) is 7.16. The monoisotopic (exact) mass is 311 g/mol. The zero-order valence-corrected chi connectivity index (χ0v) is 13.4. The second-order valence-electron chi connectivity index (χ2n) is 7.16. The van der Waals surface area contributed by atoms with Gasteiger partial charge in [-0.25, -0.2) is 4.79 Å². The summed E-state index contributed by atoms with van der Waals surface area (Å²) >= 11 is 0. The van der Waals surface area contributed by atoms with Crippen LogP contribution in [0.2, 0.25) is 0 Å². The van der Waals surface area contributed by atoms with Crippen LogP contribution in [0.15, 0.2) is 0 Å². The van der Waals surface area contributed by atoms with Crippen molar-refractivity contribution in [2.45, 2.75) is 51.4 Å². The predicted molar refractivity (Wildman–Crippen MR) is 77.9 cm³/mol. The van der Waals surface area contributed by atoms with Gasteiger partial charge in [0.25, 0.3) is 0 Å². The third-order valence-corrected chi connectivity index (χ3v) is 5.89. The summed E-state index contributed by atoms with van der Waals surface area (Å²) in [4.78, 5) is 27.0. The van der Waals surface area contributed by atoms with Crippen molar-refractivity contribution in [1.29, 1.82) is 0 Å². The van der Waals surface area contributed by atoms with Crippen molar-refractivity contribution in [2.75, 3.05) is 19.7 Å². The van der Waals surface area contributed by atoms with Crippen LogP contribution in [-0.2, 0) is 19.1 Å². The molecular formula is C16H25NO5. The molecule has 0 spiro atoms. The van der Waals surface area contributed by atoms with Gasteiger partial charge < -0.3 is 14.6 Å². The summed E-state index contributed by atoms with van der Waals surface area (Å²) in [5.41, 5.74) is -1.68.